The maximum Gasteiger partial charge on any atom is 0.404 e. The number of likely N-dealkylation sites (tertiary alicyclic amines) is 1. The molecule has 0 atom stereocenters. The molecule has 1 amide bonds. The summed E-state index contributed by atoms with van der Waals surface area (Å²) in [6.45, 7) is 1.90. The van der Waals surface area contributed by atoms with Crippen molar-refractivity contribution in [3.63, 3.8) is 0 Å². The minimum Gasteiger partial charge on any atom is -0.446 e. The Hall–Kier alpha value is -1.88. The van der Waals surface area contributed by atoms with Gasteiger partial charge in [0.1, 0.15) is 6.10 Å². The standard InChI is InChI=1S/C14H18N2O3/c15-14(18)19-12-6-8-16(9-7-12)10-13(17)11-4-2-1-3-5-11/h1-5,12H,6-10H2,(H2,15,18). The van der Waals surface area contributed by atoms with Crippen molar-refractivity contribution < 1.29 is 14.3 Å². The highest BCUT2D eigenvalue weighted by atomic mass is 16.6. The van der Waals surface area contributed by atoms with Crippen LogP contribution in [0.5, 0.6) is 0 Å². The van der Waals surface area contributed by atoms with Gasteiger partial charge in [0.2, 0.25) is 0 Å². The van der Waals surface area contributed by atoms with Gasteiger partial charge in [0.05, 0.1) is 6.54 Å². The zero-order valence-electron chi connectivity index (χ0n) is 10.7. The topological polar surface area (TPSA) is 72.6 Å². The van der Waals surface area contributed by atoms with Gasteiger partial charge in [0.25, 0.3) is 0 Å². The van der Waals surface area contributed by atoms with E-state index < -0.39 is 6.09 Å². The van der Waals surface area contributed by atoms with Crippen LogP contribution < -0.4 is 5.73 Å². The normalized spacial score (nSPS) is 17.1. The Balaban J connectivity index is 1.80. The lowest BCUT2D eigenvalue weighted by Gasteiger charge is -2.30. The summed E-state index contributed by atoms with van der Waals surface area (Å²) in [7, 11) is 0. The molecule has 1 aliphatic rings. The number of hydrogen-bond acceptors (Lipinski definition) is 4. The zero-order chi connectivity index (χ0) is 13.7. The summed E-state index contributed by atoms with van der Waals surface area (Å²) in [5, 5.41) is 0. The Morgan fingerprint density at radius 1 is 1.21 bits per heavy atom. The number of carbonyl (C=O) groups excluding carboxylic acids is 2. The van der Waals surface area contributed by atoms with Gasteiger partial charge in [0.15, 0.2) is 5.78 Å². The van der Waals surface area contributed by atoms with Crippen molar-refractivity contribution in [1.82, 2.24) is 4.90 Å². The molecule has 0 saturated carbocycles. The molecule has 1 heterocycles. The molecule has 1 aliphatic heterocycles. The van der Waals surface area contributed by atoms with Gasteiger partial charge in [-0.2, -0.15) is 0 Å². The number of carbonyl (C=O) groups is 2. The molecule has 0 unspecified atom stereocenters. The quantitative estimate of drug-likeness (QED) is 0.833. The van der Waals surface area contributed by atoms with E-state index in [-0.39, 0.29) is 11.9 Å². The number of nitrogens with zero attached hydrogens (tertiary/aromatic N) is 1. The Morgan fingerprint density at radius 3 is 2.42 bits per heavy atom. The number of piperidine rings is 1. The van der Waals surface area contributed by atoms with E-state index in [4.69, 9.17) is 10.5 Å². The van der Waals surface area contributed by atoms with Crippen LogP contribution in [0.1, 0.15) is 23.2 Å². The summed E-state index contributed by atoms with van der Waals surface area (Å²) < 4.78 is 4.96. The summed E-state index contributed by atoms with van der Waals surface area (Å²) in [4.78, 5) is 24.7. The number of benzene rings is 1. The van der Waals surface area contributed by atoms with Crippen LogP contribution in [0.3, 0.4) is 0 Å². The van der Waals surface area contributed by atoms with Crippen molar-refractivity contribution in [2.75, 3.05) is 19.6 Å². The third-order valence-corrected chi connectivity index (χ3v) is 3.28. The molecule has 102 valence electrons. The first kappa shape index (κ1) is 13.5. The monoisotopic (exact) mass is 262 g/mol. The van der Waals surface area contributed by atoms with E-state index in [2.05, 4.69) is 4.90 Å². The third-order valence-electron chi connectivity index (χ3n) is 3.28. The smallest absolute Gasteiger partial charge is 0.404 e. The van der Waals surface area contributed by atoms with Crippen LogP contribution in [0.2, 0.25) is 0 Å². The number of amides is 1. The molecule has 0 aliphatic carbocycles. The predicted molar refractivity (Wildman–Crippen MR) is 70.9 cm³/mol. The minimum absolute atomic E-state index is 0.111. The van der Waals surface area contributed by atoms with Crippen molar-refractivity contribution >= 4 is 11.9 Å². The Kier molecular flexibility index (Phi) is 4.52. The molecule has 2 rings (SSSR count). The molecule has 0 spiro atoms. The second kappa shape index (κ2) is 6.33. The van der Waals surface area contributed by atoms with E-state index in [1.54, 1.807) is 0 Å². The molecule has 2 N–H and O–H groups in total. The molecule has 5 heteroatoms. The zero-order valence-corrected chi connectivity index (χ0v) is 10.7. The number of Topliss-reactive ketones (excluding diaryl/α,β-unsaturated/α-hetero) is 1. The first-order valence-electron chi connectivity index (χ1n) is 6.42. The molecule has 19 heavy (non-hydrogen) atoms. The number of rotatable bonds is 4. The van der Waals surface area contributed by atoms with Crippen molar-refractivity contribution in [3.8, 4) is 0 Å². The SMILES string of the molecule is NC(=O)OC1CCN(CC(=O)c2ccccc2)CC1. The summed E-state index contributed by atoms with van der Waals surface area (Å²) in [6, 6.07) is 9.26. The lowest BCUT2D eigenvalue weighted by molar-refractivity contribution is 0.0534. The maximum atomic E-state index is 12.0. The molecular weight excluding hydrogens is 244 g/mol. The summed E-state index contributed by atoms with van der Waals surface area (Å²) >= 11 is 0. The fourth-order valence-electron chi connectivity index (χ4n) is 2.27. The van der Waals surface area contributed by atoms with Crippen LogP contribution in [-0.2, 0) is 4.74 Å². The van der Waals surface area contributed by atoms with Gasteiger partial charge < -0.3 is 10.5 Å². The molecule has 0 bridgehead atoms. The number of ketones is 1. The van der Waals surface area contributed by atoms with Gasteiger partial charge in [-0.25, -0.2) is 4.79 Å². The van der Waals surface area contributed by atoms with Crippen molar-refractivity contribution in [1.29, 1.82) is 0 Å². The van der Waals surface area contributed by atoms with Crippen LogP contribution in [-0.4, -0.2) is 42.5 Å². The van der Waals surface area contributed by atoms with E-state index in [9.17, 15) is 9.59 Å². The van der Waals surface area contributed by atoms with Gasteiger partial charge in [-0.15, -0.1) is 0 Å². The molecule has 1 saturated heterocycles. The van der Waals surface area contributed by atoms with E-state index >= 15 is 0 Å². The largest absolute Gasteiger partial charge is 0.446 e. The molecule has 0 radical (unpaired) electrons. The lowest BCUT2D eigenvalue weighted by atomic mass is 10.1. The minimum atomic E-state index is -0.723. The maximum absolute atomic E-state index is 12.0. The molecule has 1 aromatic rings. The van der Waals surface area contributed by atoms with Crippen molar-refractivity contribution in [2.45, 2.75) is 18.9 Å². The van der Waals surface area contributed by atoms with Crippen LogP contribution in [0.25, 0.3) is 0 Å². The molecule has 1 fully saturated rings. The van der Waals surface area contributed by atoms with E-state index in [1.807, 2.05) is 30.3 Å². The molecule has 0 aromatic heterocycles. The third kappa shape index (κ3) is 4.06. The van der Waals surface area contributed by atoms with Gasteiger partial charge in [-0.1, -0.05) is 30.3 Å². The van der Waals surface area contributed by atoms with Crippen LogP contribution in [0.15, 0.2) is 30.3 Å². The van der Waals surface area contributed by atoms with E-state index in [0.29, 0.717) is 6.54 Å². The second-order valence-corrected chi connectivity index (χ2v) is 4.70. The molecule has 5 nitrogen and oxygen atoms in total. The highest BCUT2D eigenvalue weighted by Gasteiger charge is 2.23. The fraction of sp³-hybridized carbons (Fsp3) is 0.429. The first-order valence-corrected chi connectivity index (χ1v) is 6.42. The summed E-state index contributed by atoms with van der Waals surface area (Å²) in [5.74, 6) is 0.120. The fourth-order valence-corrected chi connectivity index (χ4v) is 2.27. The Morgan fingerprint density at radius 2 is 1.84 bits per heavy atom. The molecule has 1 aromatic carbocycles. The highest BCUT2D eigenvalue weighted by Crippen LogP contribution is 2.14. The van der Waals surface area contributed by atoms with Gasteiger partial charge >= 0.3 is 6.09 Å². The van der Waals surface area contributed by atoms with Gasteiger partial charge in [-0.3, -0.25) is 9.69 Å². The van der Waals surface area contributed by atoms with E-state index in [1.165, 1.54) is 0 Å². The average Bonchev–Trinajstić information content (AvgIpc) is 2.41. The number of primary amides is 1. The highest BCUT2D eigenvalue weighted by molar-refractivity contribution is 5.97. The van der Waals surface area contributed by atoms with Crippen LogP contribution >= 0.6 is 0 Å². The summed E-state index contributed by atoms with van der Waals surface area (Å²) in [5.41, 5.74) is 5.72. The van der Waals surface area contributed by atoms with Crippen molar-refractivity contribution in [3.05, 3.63) is 35.9 Å². The number of ether oxygens (including phenoxy) is 1. The number of nitrogens with two attached hydrogens (primary N) is 1. The lowest BCUT2D eigenvalue weighted by Crippen LogP contribution is -2.41. The molecular formula is C14H18N2O3. The van der Waals surface area contributed by atoms with Crippen LogP contribution in [0.4, 0.5) is 4.79 Å². The average molecular weight is 262 g/mol. The second-order valence-electron chi connectivity index (χ2n) is 4.70. The van der Waals surface area contributed by atoms with Gasteiger partial charge in [-0.05, 0) is 12.8 Å². The summed E-state index contributed by atoms with van der Waals surface area (Å²) in [6.07, 6.45) is 0.620. The van der Waals surface area contributed by atoms with Crippen molar-refractivity contribution in [2.24, 2.45) is 5.73 Å². The van der Waals surface area contributed by atoms with Gasteiger partial charge in [0, 0.05) is 18.7 Å². The van der Waals surface area contributed by atoms with E-state index in [0.717, 1.165) is 31.5 Å². The number of hydrogen-bond donors (Lipinski definition) is 1. The Bertz CT molecular complexity index is 439. The van der Waals surface area contributed by atoms with Crippen LogP contribution in [0, 0.1) is 0 Å². The first-order chi connectivity index (χ1) is 9.15. The Labute approximate surface area is 112 Å². The predicted octanol–water partition coefficient (Wildman–Crippen LogP) is 1.43.